The predicted octanol–water partition coefficient (Wildman–Crippen LogP) is 3.70. The topological polar surface area (TPSA) is 129 Å². The Morgan fingerprint density at radius 3 is 2.50 bits per heavy atom. The summed E-state index contributed by atoms with van der Waals surface area (Å²) in [6, 6.07) is 11.5. The number of hydrogen-bond acceptors (Lipinski definition) is 10. The van der Waals surface area contributed by atoms with E-state index in [1.54, 1.807) is 49.5 Å². The second-order valence-electron chi connectivity index (χ2n) is 6.41. The van der Waals surface area contributed by atoms with Gasteiger partial charge in [-0.05, 0) is 24.3 Å². The summed E-state index contributed by atoms with van der Waals surface area (Å²) in [6.07, 6.45) is 1.19. The Labute approximate surface area is 183 Å². The van der Waals surface area contributed by atoms with Gasteiger partial charge in [0.2, 0.25) is 11.6 Å². The first-order chi connectivity index (χ1) is 15.4. The molecule has 0 saturated heterocycles. The number of nitro groups is 1. The maximum atomic E-state index is 12.2. The third kappa shape index (κ3) is 4.36. The molecule has 0 bridgehead atoms. The van der Waals surface area contributed by atoms with Crippen molar-refractivity contribution in [3.05, 3.63) is 64.5 Å². The lowest BCUT2D eigenvalue weighted by Crippen LogP contribution is -2.18. The highest BCUT2D eigenvalue weighted by Crippen LogP contribution is 2.39. The Bertz CT molecular complexity index is 1150. The molecule has 2 aromatic carbocycles. The molecule has 3 aromatic rings. The summed E-state index contributed by atoms with van der Waals surface area (Å²) in [7, 11) is 5.80. The van der Waals surface area contributed by atoms with Crippen molar-refractivity contribution >= 4 is 34.7 Å². The maximum Gasteiger partial charge on any atom is 0.354 e. The molecule has 0 saturated carbocycles. The first kappa shape index (κ1) is 22.3. The van der Waals surface area contributed by atoms with E-state index < -0.39 is 10.9 Å². The molecule has 0 fully saturated rings. The Morgan fingerprint density at radius 2 is 1.84 bits per heavy atom. The summed E-state index contributed by atoms with van der Waals surface area (Å²) >= 11 is 0. The van der Waals surface area contributed by atoms with Gasteiger partial charge in [0.1, 0.15) is 17.8 Å². The summed E-state index contributed by atoms with van der Waals surface area (Å²) < 4.78 is 15.4. The van der Waals surface area contributed by atoms with Crippen molar-refractivity contribution < 1.29 is 23.9 Å². The normalized spacial score (nSPS) is 10.2. The zero-order valence-corrected chi connectivity index (χ0v) is 17.9. The molecule has 0 unspecified atom stereocenters. The van der Waals surface area contributed by atoms with Gasteiger partial charge >= 0.3 is 11.7 Å². The van der Waals surface area contributed by atoms with Gasteiger partial charge in [-0.3, -0.25) is 10.1 Å². The van der Waals surface area contributed by atoms with Crippen LogP contribution in [0, 0.1) is 10.1 Å². The predicted molar refractivity (Wildman–Crippen MR) is 117 cm³/mol. The Hall–Kier alpha value is -4.41. The van der Waals surface area contributed by atoms with Gasteiger partial charge in [-0.25, -0.2) is 14.8 Å². The van der Waals surface area contributed by atoms with Gasteiger partial charge in [0.05, 0.1) is 43.2 Å². The fourth-order valence-corrected chi connectivity index (χ4v) is 3.08. The third-order valence-corrected chi connectivity index (χ3v) is 4.63. The molecule has 0 aliphatic heterocycles. The number of benzene rings is 2. The third-order valence-electron chi connectivity index (χ3n) is 4.63. The highest BCUT2D eigenvalue weighted by atomic mass is 16.6. The number of carbonyl (C=O) groups is 1. The summed E-state index contributed by atoms with van der Waals surface area (Å²) in [5, 5.41) is 15.0. The lowest BCUT2D eigenvalue weighted by molar-refractivity contribution is -0.383. The van der Waals surface area contributed by atoms with Crippen molar-refractivity contribution in [3.8, 4) is 11.5 Å². The van der Waals surface area contributed by atoms with E-state index in [9.17, 15) is 14.9 Å². The van der Waals surface area contributed by atoms with Gasteiger partial charge in [0.15, 0.2) is 0 Å². The van der Waals surface area contributed by atoms with Crippen LogP contribution in [0.1, 0.15) is 10.4 Å². The van der Waals surface area contributed by atoms with E-state index in [4.69, 9.17) is 14.2 Å². The van der Waals surface area contributed by atoms with Gasteiger partial charge in [-0.1, -0.05) is 12.1 Å². The smallest absolute Gasteiger partial charge is 0.354 e. The molecule has 1 heterocycles. The van der Waals surface area contributed by atoms with E-state index in [2.05, 4.69) is 15.3 Å². The van der Waals surface area contributed by atoms with E-state index in [0.29, 0.717) is 22.9 Å². The minimum atomic E-state index is -0.596. The fraction of sp³-hybridized carbons (Fsp3) is 0.190. The van der Waals surface area contributed by atoms with Crippen LogP contribution in [0.3, 0.4) is 0 Å². The van der Waals surface area contributed by atoms with E-state index in [1.807, 2.05) is 0 Å². The van der Waals surface area contributed by atoms with Crippen molar-refractivity contribution in [1.29, 1.82) is 0 Å². The van der Waals surface area contributed by atoms with Crippen LogP contribution in [-0.2, 0) is 4.74 Å². The quantitative estimate of drug-likeness (QED) is 0.315. The summed E-state index contributed by atoms with van der Waals surface area (Å²) in [5.74, 6) is 0.294. The lowest BCUT2D eigenvalue weighted by atomic mass is 10.1. The van der Waals surface area contributed by atoms with Crippen molar-refractivity contribution in [1.82, 2.24) is 9.97 Å². The molecular formula is C21H21N5O6. The van der Waals surface area contributed by atoms with Crippen LogP contribution < -0.4 is 19.7 Å². The molecule has 0 radical (unpaired) electrons. The van der Waals surface area contributed by atoms with E-state index in [0.717, 1.165) is 0 Å². The SMILES string of the molecule is COC(=O)c1ccccc1N(C)c1ncnc(Nc2cc(OC)ccc2OC)c1[N+](=O)[O-]. The molecule has 11 nitrogen and oxygen atoms in total. The number of nitrogens with one attached hydrogen (secondary N) is 1. The van der Waals surface area contributed by atoms with Crippen LogP contribution in [0.5, 0.6) is 11.5 Å². The molecule has 0 amide bonds. The van der Waals surface area contributed by atoms with E-state index in [1.165, 1.54) is 32.6 Å². The number of nitrogens with zero attached hydrogens (tertiary/aromatic N) is 4. The molecule has 1 N–H and O–H groups in total. The fourth-order valence-electron chi connectivity index (χ4n) is 3.08. The van der Waals surface area contributed by atoms with Crippen LogP contribution in [0.25, 0.3) is 0 Å². The minimum absolute atomic E-state index is 0.0225. The highest BCUT2D eigenvalue weighted by Gasteiger charge is 2.28. The van der Waals surface area contributed by atoms with Gasteiger partial charge < -0.3 is 24.4 Å². The monoisotopic (exact) mass is 439 g/mol. The Balaban J connectivity index is 2.11. The Morgan fingerprint density at radius 1 is 1.09 bits per heavy atom. The summed E-state index contributed by atoms with van der Waals surface area (Å²) in [4.78, 5) is 33.2. The molecule has 0 aliphatic rings. The van der Waals surface area contributed by atoms with Crippen LogP contribution in [0.15, 0.2) is 48.8 Å². The largest absolute Gasteiger partial charge is 0.497 e. The average molecular weight is 439 g/mol. The maximum absolute atomic E-state index is 12.2. The highest BCUT2D eigenvalue weighted by molar-refractivity contribution is 5.97. The van der Waals surface area contributed by atoms with Crippen LogP contribution >= 0.6 is 0 Å². The van der Waals surface area contributed by atoms with Gasteiger partial charge in [-0.15, -0.1) is 0 Å². The van der Waals surface area contributed by atoms with Crippen molar-refractivity contribution in [2.75, 3.05) is 38.6 Å². The molecular weight excluding hydrogens is 418 g/mol. The van der Waals surface area contributed by atoms with Gasteiger partial charge in [0, 0.05) is 13.1 Å². The number of ether oxygens (including phenoxy) is 3. The molecule has 11 heteroatoms. The first-order valence-electron chi connectivity index (χ1n) is 9.30. The number of para-hydroxylation sites is 1. The van der Waals surface area contributed by atoms with Crippen molar-refractivity contribution in [2.45, 2.75) is 0 Å². The van der Waals surface area contributed by atoms with Gasteiger partial charge in [-0.2, -0.15) is 0 Å². The van der Waals surface area contributed by atoms with Crippen LogP contribution in [-0.4, -0.2) is 49.2 Å². The second kappa shape index (κ2) is 9.60. The molecule has 3 rings (SSSR count). The zero-order valence-electron chi connectivity index (χ0n) is 17.9. The van der Waals surface area contributed by atoms with Crippen LogP contribution in [0.4, 0.5) is 28.7 Å². The number of carbonyl (C=O) groups excluding carboxylic acids is 1. The molecule has 0 atom stereocenters. The minimum Gasteiger partial charge on any atom is -0.497 e. The molecule has 1 aromatic heterocycles. The molecule has 0 spiro atoms. The number of hydrogen-bond donors (Lipinski definition) is 1. The van der Waals surface area contributed by atoms with Crippen LogP contribution in [0.2, 0.25) is 0 Å². The number of methoxy groups -OCH3 is 3. The van der Waals surface area contributed by atoms with Crippen molar-refractivity contribution in [3.63, 3.8) is 0 Å². The van der Waals surface area contributed by atoms with Crippen molar-refractivity contribution in [2.24, 2.45) is 0 Å². The first-order valence-corrected chi connectivity index (χ1v) is 9.30. The molecule has 166 valence electrons. The number of esters is 1. The summed E-state index contributed by atoms with van der Waals surface area (Å²) in [5.41, 5.74) is 0.636. The number of rotatable bonds is 8. The average Bonchev–Trinajstić information content (AvgIpc) is 2.82. The summed E-state index contributed by atoms with van der Waals surface area (Å²) in [6.45, 7) is 0. The number of anilines is 4. The lowest BCUT2D eigenvalue weighted by Gasteiger charge is -2.21. The van der Waals surface area contributed by atoms with E-state index >= 15 is 0 Å². The molecule has 32 heavy (non-hydrogen) atoms. The Kier molecular flexibility index (Phi) is 6.68. The standard InChI is InChI=1S/C21H21N5O6/c1-25(16-8-6-5-7-14(16)21(27)32-4)20-18(26(28)29)19(22-12-23-20)24-15-11-13(30-2)9-10-17(15)31-3/h5-12H,1-4H3,(H,22,23,24). The number of aromatic nitrogens is 2. The van der Waals surface area contributed by atoms with Gasteiger partial charge in [0.25, 0.3) is 0 Å². The molecule has 0 aliphatic carbocycles. The zero-order chi connectivity index (χ0) is 23.3. The second-order valence-corrected chi connectivity index (χ2v) is 6.41. The van der Waals surface area contributed by atoms with E-state index in [-0.39, 0.29) is 22.9 Å².